The summed E-state index contributed by atoms with van der Waals surface area (Å²) in [6.07, 6.45) is 2.34. The summed E-state index contributed by atoms with van der Waals surface area (Å²) in [6.45, 7) is 14.2. The second-order valence-electron chi connectivity index (χ2n) is 6.14. The van der Waals surface area contributed by atoms with Gasteiger partial charge in [-0.1, -0.05) is 32.0 Å². The van der Waals surface area contributed by atoms with E-state index < -0.39 is 0 Å². The predicted octanol–water partition coefficient (Wildman–Crippen LogP) is 3.13. The fourth-order valence-corrected chi connectivity index (χ4v) is 2.62. The van der Waals surface area contributed by atoms with Crippen LogP contribution < -0.4 is 15.4 Å². The summed E-state index contributed by atoms with van der Waals surface area (Å²) in [6, 6.07) is 10.3. The minimum atomic E-state index is 0.406. The Balaban J connectivity index is 2.31. The molecule has 0 saturated heterocycles. The molecule has 1 rings (SSSR count). The summed E-state index contributed by atoms with van der Waals surface area (Å²) in [5.74, 6) is 1.76. The number of guanidine groups is 1. The Labute approximate surface area is 153 Å². The lowest BCUT2D eigenvalue weighted by Crippen LogP contribution is -2.42. The highest BCUT2D eigenvalue weighted by molar-refractivity contribution is 5.80. The van der Waals surface area contributed by atoms with E-state index in [0.29, 0.717) is 19.2 Å². The number of ether oxygens (including phenoxy) is 1. The van der Waals surface area contributed by atoms with Crippen LogP contribution in [0, 0.1) is 0 Å². The largest absolute Gasteiger partial charge is 0.492 e. The van der Waals surface area contributed by atoms with Gasteiger partial charge >= 0.3 is 0 Å². The van der Waals surface area contributed by atoms with Crippen LogP contribution in [-0.2, 0) is 0 Å². The van der Waals surface area contributed by atoms with Gasteiger partial charge in [0.15, 0.2) is 5.96 Å². The van der Waals surface area contributed by atoms with Gasteiger partial charge in [0.05, 0.1) is 6.54 Å². The van der Waals surface area contributed by atoms with Crippen LogP contribution in [0.3, 0.4) is 0 Å². The van der Waals surface area contributed by atoms with Crippen molar-refractivity contribution in [2.24, 2.45) is 4.99 Å². The van der Waals surface area contributed by atoms with E-state index in [0.717, 1.165) is 44.3 Å². The molecule has 0 saturated carbocycles. The Morgan fingerprint density at radius 2 is 1.88 bits per heavy atom. The van der Waals surface area contributed by atoms with Crippen molar-refractivity contribution in [3.8, 4) is 5.75 Å². The molecule has 2 N–H and O–H groups in total. The van der Waals surface area contributed by atoms with Gasteiger partial charge in [0.25, 0.3) is 0 Å². The molecule has 0 fully saturated rings. The Bertz CT molecular complexity index is 460. The Kier molecular flexibility index (Phi) is 11.5. The maximum absolute atomic E-state index is 5.69. The number of nitrogens with one attached hydrogen (secondary N) is 2. The van der Waals surface area contributed by atoms with Crippen molar-refractivity contribution in [3.63, 3.8) is 0 Å². The standard InChI is InChI=1S/C20H36N4O/c1-5-21-20(22-15-17-25-19-13-9-8-10-14-19)23-18(4)12-11-16-24(6-2)7-3/h8-10,13-14,18H,5-7,11-12,15-17H2,1-4H3,(H2,21,22,23). The van der Waals surface area contributed by atoms with E-state index in [9.17, 15) is 0 Å². The molecule has 0 aliphatic heterocycles. The number of hydrogen-bond acceptors (Lipinski definition) is 3. The lowest BCUT2D eigenvalue weighted by atomic mass is 10.2. The van der Waals surface area contributed by atoms with Crippen molar-refractivity contribution >= 4 is 5.96 Å². The average molecular weight is 349 g/mol. The Morgan fingerprint density at radius 3 is 2.52 bits per heavy atom. The normalized spacial score (nSPS) is 12.9. The molecule has 0 aliphatic carbocycles. The predicted molar refractivity (Wildman–Crippen MR) is 108 cm³/mol. The zero-order chi connectivity index (χ0) is 18.3. The van der Waals surface area contributed by atoms with Crippen LogP contribution in [0.25, 0.3) is 0 Å². The number of para-hydroxylation sites is 1. The maximum atomic E-state index is 5.69. The molecule has 142 valence electrons. The SMILES string of the molecule is CCNC(=NCCOc1ccccc1)NC(C)CCCN(CC)CC. The molecule has 0 aliphatic rings. The minimum absolute atomic E-state index is 0.406. The zero-order valence-corrected chi connectivity index (χ0v) is 16.4. The van der Waals surface area contributed by atoms with Gasteiger partial charge < -0.3 is 20.3 Å². The molecule has 1 aromatic rings. The van der Waals surface area contributed by atoms with Crippen LogP contribution in [0.5, 0.6) is 5.75 Å². The molecule has 5 heteroatoms. The lowest BCUT2D eigenvalue weighted by molar-refractivity contribution is 0.292. The van der Waals surface area contributed by atoms with Crippen molar-refractivity contribution in [3.05, 3.63) is 30.3 Å². The van der Waals surface area contributed by atoms with Crippen molar-refractivity contribution in [2.75, 3.05) is 39.3 Å². The Morgan fingerprint density at radius 1 is 1.16 bits per heavy atom. The van der Waals surface area contributed by atoms with Gasteiger partial charge in [0.1, 0.15) is 12.4 Å². The van der Waals surface area contributed by atoms with Gasteiger partial charge in [-0.15, -0.1) is 0 Å². The summed E-state index contributed by atoms with van der Waals surface area (Å²) in [7, 11) is 0. The van der Waals surface area contributed by atoms with Crippen molar-refractivity contribution in [2.45, 2.75) is 46.6 Å². The van der Waals surface area contributed by atoms with Crippen molar-refractivity contribution < 1.29 is 4.74 Å². The quantitative estimate of drug-likeness (QED) is 0.346. The van der Waals surface area contributed by atoms with Crippen LogP contribution in [0.1, 0.15) is 40.5 Å². The molecule has 0 heterocycles. The van der Waals surface area contributed by atoms with Gasteiger partial charge in [-0.2, -0.15) is 0 Å². The fraction of sp³-hybridized carbons (Fsp3) is 0.650. The second kappa shape index (κ2) is 13.5. The van der Waals surface area contributed by atoms with Crippen LogP contribution in [0.4, 0.5) is 0 Å². The van der Waals surface area contributed by atoms with Crippen LogP contribution in [0.2, 0.25) is 0 Å². The first-order valence-electron chi connectivity index (χ1n) is 9.64. The Hall–Kier alpha value is -1.75. The first kappa shape index (κ1) is 21.3. The number of rotatable bonds is 12. The topological polar surface area (TPSA) is 48.9 Å². The van der Waals surface area contributed by atoms with Gasteiger partial charge in [-0.3, -0.25) is 0 Å². The minimum Gasteiger partial charge on any atom is -0.492 e. The molecule has 5 nitrogen and oxygen atoms in total. The molecule has 0 spiro atoms. The third kappa shape index (κ3) is 9.97. The third-order valence-electron chi connectivity index (χ3n) is 4.11. The van der Waals surface area contributed by atoms with Gasteiger partial charge in [-0.25, -0.2) is 4.99 Å². The highest BCUT2D eigenvalue weighted by Gasteiger charge is 2.06. The molecular formula is C20H36N4O. The number of benzene rings is 1. The van der Waals surface area contributed by atoms with E-state index in [-0.39, 0.29) is 0 Å². The molecule has 1 unspecified atom stereocenters. The van der Waals surface area contributed by atoms with E-state index in [1.165, 1.54) is 6.42 Å². The summed E-state index contributed by atoms with van der Waals surface area (Å²) >= 11 is 0. The van der Waals surface area contributed by atoms with E-state index in [4.69, 9.17) is 4.74 Å². The molecule has 1 atom stereocenters. The lowest BCUT2D eigenvalue weighted by Gasteiger charge is -2.21. The number of aliphatic imine (C=N–C) groups is 1. The first-order valence-corrected chi connectivity index (χ1v) is 9.64. The summed E-state index contributed by atoms with van der Waals surface area (Å²) in [5, 5.41) is 6.80. The molecule has 0 bridgehead atoms. The highest BCUT2D eigenvalue weighted by atomic mass is 16.5. The van der Waals surface area contributed by atoms with E-state index >= 15 is 0 Å². The average Bonchev–Trinajstić information content (AvgIpc) is 2.63. The van der Waals surface area contributed by atoms with E-state index in [2.05, 4.69) is 48.2 Å². The fourth-order valence-electron chi connectivity index (χ4n) is 2.62. The maximum Gasteiger partial charge on any atom is 0.191 e. The molecule has 0 aromatic heterocycles. The van der Waals surface area contributed by atoms with Crippen molar-refractivity contribution in [1.82, 2.24) is 15.5 Å². The van der Waals surface area contributed by atoms with Crippen molar-refractivity contribution in [1.29, 1.82) is 0 Å². The second-order valence-corrected chi connectivity index (χ2v) is 6.14. The first-order chi connectivity index (χ1) is 12.2. The number of hydrogen-bond donors (Lipinski definition) is 2. The van der Waals surface area contributed by atoms with Crippen LogP contribution in [-0.4, -0.2) is 56.2 Å². The summed E-state index contributed by atoms with van der Waals surface area (Å²) in [5.41, 5.74) is 0. The molecule has 0 amide bonds. The molecular weight excluding hydrogens is 312 g/mol. The molecule has 25 heavy (non-hydrogen) atoms. The van der Waals surface area contributed by atoms with Gasteiger partial charge in [0.2, 0.25) is 0 Å². The van der Waals surface area contributed by atoms with E-state index in [1.54, 1.807) is 0 Å². The van der Waals surface area contributed by atoms with Gasteiger partial charge in [-0.05, 0) is 58.5 Å². The third-order valence-corrected chi connectivity index (χ3v) is 4.11. The number of nitrogens with zero attached hydrogens (tertiary/aromatic N) is 2. The van der Waals surface area contributed by atoms with Gasteiger partial charge in [0, 0.05) is 12.6 Å². The summed E-state index contributed by atoms with van der Waals surface area (Å²) < 4.78 is 5.69. The van der Waals surface area contributed by atoms with E-state index in [1.807, 2.05) is 30.3 Å². The molecule has 0 radical (unpaired) electrons. The highest BCUT2D eigenvalue weighted by Crippen LogP contribution is 2.07. The zero-order valence-electron chi connectivity index (χ0n) is 16.4. The molecule has 1 aromatic carbocycles. The summed E-state index contributed by atoms with van der Waals surface area (Å²) in [4.78, 5) is 7.07. The van der Waals surface area contributed by atoms with Crippen LogP contribution >= 0.6 is 0 Å². The smallest absolute Gasteiger partial charge is 0.191 e. The van der Waals surface area contributed by atoms with Crippen LogP contribution in [0.15, 0.2) is 35.3 Å². The monoisotopic (exact) mass is 348 g/mol.